The summed E-state index contributed by atoms with van der Waals surface area (Å²) in [5.41, 5.74) is 1.17. The van der Waals surface area contributed by atoms with Crippen molar-refractivity contribution in [1.82, 2.24) is 15.2 Å². The van der Waals surface area contributed by atoms with Crippen molar-refractivity contribution < 1.29 is 4.79 Å². The van der Waals surface area contributed by atoms with E-state index in [2.05, 4.69) is 46.6 Å². The summed E-state index contributed by atoms with van der Waals surface area (Å²) in [6.45, 7) is 6.45. The van der Waals surface area contributed by atoms with Crippen LogP contribution in [0.15, 0.2) is 17.6 Å². The van der Waals surface area contributed by atoms with E-state index in [1.165, 1.54) is 11.3 Å². The number of hydrogen-bond donors (Lipinski definition) is 3. The maximum Gasteiger partial charge on any atom is 0.326 e. The summed E-state index contributed by atoms with van der Waals surface area (Å²) in [4.78, 5) is 15.6. The van der Waals surface area contributed by atoms with Gasteiger partial charge in [0.05, 0.1) is 0 Å². The van der Waals surface area contributed by atoms with Crippen LogP contribution in [0.2, 0.25) is 0 Å². The van der Waals surface area contributed by atoms with E-state index in [0.29, 0.717) is 10.9 Å². The molecule has 102 valence electrons. The highest BCUT2D eigenvalue weighted by molar-refractivity contribution is 7.13. The Labute approximate surface area is 115 Å². The van der Waals surface area contributed by atoms with E-state index in [0.717, 1.165) is 12.1 Å². The SMILES string of the molecule is CC(C)(C)Cc1cc(NC(=O)Nc2nccs2)n[nH]1. The molecular formula is C12H17N5OS. The molecule has 0 saturated heterocycles. The van der Waals surface area contributed by atoms with Gasteiger partial charge in [-0.3, -0.25) is 15.7 Å². The van der Waals surface area contributed by atoms with Crippen LogP contribution in [0, 0.1) is 5.41 Å². The van der Waals surface area contributed by atoms with Crippen LogP contribution in [-0.2, 0) is 6.42 Å². The van der Waals surface area contributed by atoms with Crippen LogP contribution < -0.4 is 10.6 Å². The van der Waals surface area contributed by atoms with Crippen LogP contribution in [0.1, 0.15) is 26.5 Å². The highest BCUT2D eigenvalue weighted by atomic mass is 32.1. The standard InChI is InChI=1S/C12H17N5OS/c1-12(2,3)7-8-6-9(17-16-8)14-10(18)15-11-13-4-5-19-11/h4-6H,7H2,1-3H3,(H3,13,14,15,16,17,18). The third kappa shape index (κ3) is 4.36. The highest BCUT2D eigenvalue weighted by Gasteiger charge is 2.14. The van der Waals surface area contributed by atoms with Crippen LogP contribution in [-0.4, -0.2) is 21.2 Å². The Kier molecular flexibility index (Phi) is 3.84. The van der Waals surface area contributed by atoms with Crippen molar-refractivity contribution in [2.75, 3.05) is 10.6 Å². The fraction of sp³-hybridized carbons (Fsp3) is 0.417. The molecule has 0 atom stereocenters. The van der Waals surface area contributed by atoms with Crippen molar-refractivity contribution in [3.05, 3.63) is 23.3 Å². The van der Waals surface area contributed by atoms with Gasteiger partial charge < -0.3 is 0 Å². The van der Waals surface area contributed by atoms with Crippen molar-refractivity contribution in [3.8, 4) is 0 Å². The third-order valence-corrected chi connectivity index (χ3v) is 2.93. The maximum absolute atomic E-state index is 11.7. The number of rotatable bonds is 3. The monoisotopic (exact) mass is 279 g/mol. The van der Waals surface area contributed by atoms with Gasteiger partial charge in [-0.15, -0.1) is 11.3 Å². The van der Waals surface area contributed by atoms with Gasteiger partial charge in [-0.1, -0.05) is 20.8 Å². The minimum Gasteiger partial charge on any atom is -0.291 e. The summed E-state index contributed by atoms with van der Waals surface area (Å²) < 4.78 is 0. The first-order chi connectivity index (χ1) is 8.92. The van der Waals surface area contributed by atoms with E-state index in [9.17, 15) is 4.79 Å². The first-order valence-electron chi connectivity index (χ1n) is 5.94. The van der Waals surface area contributed by atoms with Crippen LogP contribution in [0.4, 0.5) is 15.7 Å². The molecule has 3 N–H and O–H groups in total. The number of aromatic amines is 1. The first-order valence-corrected chi connectivity index (χ1v) is 6.82. The number of carbonyl (C=O) groups excluding carboxylic acids is 1. The number of anilines is 2. The van der Waals surface area contributed by atoms with Crippen LogP contribution in [0.5, 0.6) is 0 Å². The fourth-order valence-electron chi connectivity index (χ4n) is 1.62. The summed E-state index contributed by atoms with van der Waals surface area (Å²) in [5.74, 6) is 0.508. The van der Waals surface area contributed by atoms with E-state index < -0.39 is 0 Å². The molecule has 0 aromatic carbocycles. The largest absolute Gasteiger partial charge is 0.326 e. The zero-order chi connectivity index (χ0) is 13.9. The van der Waals surface area contributed by atoms with Crippen molar-refractivity contribution in [1.29, 1.82) is 0 Å². The average molecular weight is 279 g/mol. The quantitative estimate of drug-likeness (QED) is 0.807. The zero-order valence-electron chi connectivity index (χ0n) is 11.2. The number of nitrogens with one attached hydrogen (secondary N) is 3. The van der Waals surface area contributed by atoms with Gasteiger partial charge in [0.15, 0.2) is 10.9 Å². The normalized spacial score (nSPS) is 11.3. The number of hydrogen-bond acceptors (Lipinski definition) is 4. The van der Waals surface area contributed by atoms with Crippen LogP contribution in [0.3, 0.4) is 0 Å². The molecule has 0 radical (unpaired) electrons. The molecule has 0 aliphatic heterocycles. The Morgan fingerprint density at radius 1 is 1.42 bits per heavy atom. The van der Waals surface area contributed by atoms with E-state index in [-0.39, 0.29) is 11.4 Å². The lowest BCUT2D eigenvalue weighted by Crippen LogP contribution is -2.19. The van der Waals surface area contributed by atoms with E-state index in [4.69, 9.17) is 0 Å². The number of urea groups is 1. The summed E-state index contributed by atoms with van der Waals surface area (Å²) in [5, 5.41) is 14.6. The molecule has 0 fully saturated rings. The molecule has 0 bridgehead atoms. The second-order valence-electron chi connectivity index (χ2n) is 5.43. The van der Waals surface area contributed by atoms with Gasteiger partial charge in [-0.2, -0.15) is 5.10 Å². The Balaban J connectivity index is 1.91. The molecule has 0 spiro atoms. The third-order valence-electron chi connectivity index (χ3n) is 2.25. The lowest BCUT2D eigenvalue weighted by Gasteiger charge is -2.15. The van der Waals surface area contributed by atoms with Gasteiger partial charge in [0.25, 0.3) is 0 Å². The van der Waals surface area contributed by atoms with Gasteiger partial charge in [0.1, 0.15) is 0 Å². The van der Waals surface area contributed by atoms with Gasteiger partial charge in [0, 0.05) is 23.3 Å². The molecule has 19 heavy (non-hydrogen) atoms. The lowest BCUT2D eigenvalue weighted by atomic mass is 9.91. The summed E-state index contributed by atoms with van der Waals surface area (Å²) in [6, 6.07) is 1.50. The Morgan fingerprint density at radius 3 is 2.84 bits per heavy atom. The van der Waals surface area contributed by atoms with E-state index in [1.54, 1.807) is 11.6 Å². The summed E-state index contributed by atoms with van der Waals surface area (Å²) >= 11 is 1.36. The predicted octanol–water partition coefficient (Wildman–Crippen LogP) is 3.10. The van der Waals surface area contributed by atoms with Crippen molar-refractivity contribution >= 4 is 28.3 Å². The molecule has 2 aromatic heterocycles. The highest BCUT2D eigenvalue weighted by Crippen LogP contribution is 2.20. The Morgan fingerprint density at radius 2 is 2.21 bits per heavy atom. The smallest absolute Gasteiger partial charge is 0.291 e. The molecule has 2 rings (SSSR count). The molecule has 7 heteroatoms. The Bertz CT molecular complexity index is 541. The van der Waals surface area contributed by atoms with E-state index in [1.807, 2.05) is 6.07 Å². The van der Waals surface area contributed by atoms with Crippen LogP contribution >= 0.6 is 11.3 Å². The number of nitrogens with zero attached hydrogens (tertiary/aromatic N) is 2. The molecule has 2 aromatic rings. The predicted molar refractivity (Wildman–Crippen MR) is 76.5 cm³/mol. The number of thiazole rings is 1. The molecule has 0 unspecified atom stereocenters. The second-order valence-corrected chi connectivity index (χ2v) is 6.33. The van der Waals surface area contributed by atoms with Crippen molar-refractivity contribution in [3.63, 3.8) is 0 Å². The average Bonchev–Trinajstić information content (AvgIpc) is 2.88. The van der Waals surface area contributed by atoms with Crippen LogP contribution in [0.25, 0.3) is 0 Å². The van der Waals surface area contributed by atoms with E-state index >= 15 is 0 Å². The number of H-pyrrole nitrogens is 1. The molecule has 0 saturated carbocycles. The molecule has 2 amide bonds. The maximum atomic E-state index is 11.7. The summed E-state index contributed by atoms with van der Waals surface area (Å²) in [7, 11) is 0. The van der Waals surface area contributed by atoms with Gasteiger partial charge in [-0.05, 0) is 11.8 Å². The van der Waals surface area contributed by atoms with Gasteiger partial charge in [-0.25, -0.2) is 9.78 Å². The minimum absolute atomic E-state index is 0.174. The second kappa shape index (κ2) is 5.40. The zero-order valence-corrected chi connectivity index (χ0v) is 12.0. The molecule has 6 nitrogen and oxygen atoms in total. The van der Waals surface area contributed by atoms with Crippen molar-refractivity contribution in [2.45, 2.75) is 27.2 Å². The number of amides is 2. The molecule has 0 aliphatic rings. The number of carbonyl (C=O) groups is 1. The van der Waals surface area contributed by atoms with Gasteiger partial charge in [0.2, 0.25) is 0 Å². The minimum atomic E-state index is -0.344. The first kappa shape index (κ1) is 13.5. The topological polar surface area (TPSA) is 82.7 Å². The Hall–Kier alpha value is -1.89. The molecular weight excluding hydrogens is 262 g/mol. The fourth-order valence-corrected chi connectivity index (χ4v) is 2.14. The summed E-state index contributed by atoms with van der Waals surface area (Å²) in [6.07, 6.45) is 2.51. The number of aromatic nitrogens is 3. The van der Waals surface area contributed by atoms with Gasteiger partial charge >= 0.3 is 6.03 Å². The van der Waals surface area contributed by atoms with Crippen molar-refractivity contribution in [2.24, 2.45) is 5.41 Å². The molecule has 0 aliphatic carbocycles. The molecule has 2 heterocycles. The lowest BCUT2D eigenvalue weighted by molar-refractivity contribution is 0.262.